The first-order valence-electron chi connectivity index (χ1n) is 9.33. The van der Waals surface area contributed by atoms with Gasteiger partial charge in [0.2, 0.25) is 5.91 Å². The van der Waals surface area contributed by atoms with Crippen LogP contribution in [0.1, 0.15) is 31.9 Å². The number of hydrogen-bond donors (Lipinski definition) is 1. The van der Waals surface area contributed by atoms with Crippen LogP contribution in [-0.2, 0) is 14.6 Å². The van der Waals surface area contributed by atoms with E-state index in [1.165, 1.54) is 0 Å². The lowest BCUT2D eigenvalue weighted by atomic mass is 9.95. The molecule has 1 aliphatic rings. The summed E-state index contributed by atoms with van der Waals surface area (Å²) in [6, 6.07) is 13.5. The number of rotatable bonds is 7. The van der Waals surface area contributed by atoms with Crippen molar-refractivity contribution in [3.8, 4) is 11.5 Å². The van der Waals surface area contributed by atoms with Crippen molar-refractivity contribution in [2.24, 2.45) is 5.92 Å². The predicted molar refractivity (Wildman–Crippen MR) is 106 cm³/mol. The van der Waals surface area contributed by atoms with Crippen LogP contribution in [-0.4, -0.2) is 33.3 Å². The highest BCUT2D eigenvalue weighted by Crippen LogP contribution is 2.34. The van der Waals surface area contributed by atoms with E-state index in [-0.39, 0.29) is 34.9 Å². The van der Waals surface area contributed by atoms with Gasteiger partial charge in [-0.2, -0.15) is 0 Å². The second-order valence-corrected chi connectivity index (χ2v) is 9.18. The first kappa shape index (κ1) is 20.2. The van der Waals surface area contributed by atoms with Crippen molar-refractivity contribution >= 4 is 15.7 Å². The van der Waals surface area contributed by atoms with Crippen LogP contribution < -0.4 is 14.8 Å². The number of sulfone groups is 1. The number of benzene rings is 2. The molecule has 0 spiro atoms. The number of nitrogens with one attached hydrogen (secondary N) is 1. The molecule has 150 valence electrons. The molecule has 28 heavy (non-hydrogen) atoms. The fourth-order valence-electron chi connectivity index (χ4n) is 3.11. The zero-order valence-electron chi connectivity index (χ0n) is 16.1. The minimum absolute atomic E-state index is 0.0923. The van der Waals surface area contributed by atoms with Gasteiger partial charge in [-0.05, 0) is 35.7 Å². The SMILES string of the molecule is CC(C)[C@@H](NC(=O)CCS(=O)(=O)c1ccccc1)c1ccc2c(c1)OCCO2. The molecule has 6 nitrogen and oxygen atoms in total. The van der Waals surface area contributed by atoms with E-state index in [0.29, 0.717) is 24.7 Å². The van der Waals surface area contributed by atoms with Crippen molar-refractivity contribution in [2.75, 3.05) is 19.0 Å². The van der Waals surface area contributed by atoms with Crippen LogP contribution in [0.25, 0.3) is 0 Å². The zero-order valence-corrected chi connectivity index (χ0v) is 16.9. The van der Waals surface area contributed by atoms with Crippen LogP contribution in [0.5, 0.6) is 11.5 Å². The van der Waals surface area contributed by atoms with Gasteiger partial charge in [0.05, 0.1) is 16.7 Å². The topological polar surface area (TPSA) is 81.7 Å². The summed E-state index contributed by atoms with van der Waals surface area (Å²) in [4.78, 5) is 12.7. The number of carbonyl (C=O) groups excluding carboxylic acids is 1. The highest BCUT2D eigenvalue weighted by Gasteiger charge is 2.23. The second-order valence-electron chi connectivity index (χ2n) is 7.07. The highest BCUT2D eigenvalue weighted by molar-refractivity contribution is 7.91. The van der Waals surface area contributed by atoms with Crippen molar-refractivity contribution in [1.82, 2.24) is 5.32 Å². The van der Waals surface area contributed by atoms with Gasteiger partial charge in [0.25, 0.3) is 0 Å². The van der Waals surface area contributed by atoms with Crippen LogP contribution in [0.2, 0.25) is 0 Å². The standard InChI is InChI=1S/C21H25NO5S/c1-15(2)21(16-8-9-18-19(14-16)27-12-11-26-18)22-20(23)10-13-28(24,25)17-6-4-3-5-7-17/h3-9,14-15,21H,10-13H2,1-2H3,(H,22,23)/t21-/m1/s1. The minimum atomic E-state index is -3.49. The van der Waals surface area contributed by atoms with E-state index in [1.54, 1.807) is 30.3 Å². The normalized spacial score (nSPS) is 14.5. The summed E-state index contributed by atoms with van der Waals surface area (Å²) in [5.41, 5.74) is 0.901. The summed E-state index contributed by atoms with van der Waals surface area (Å²) in [5.74, 6) is 0.952. The molecule has 0 saturated carbocycles. The Bertz CT molecular complexity index is 925. The molecule has 0 saturated heterocycles. The van der Waals surface area contributed by atoms with Gasteiger partial charge in [-0.3, -0.25) is 4.79 Å². The molecular weight excluding hydrogens is 378 g/mol. The molecule has 1 heterocycles. The summed E-state index contributed by atoms with van der Waals surface area (Å²) in [6.45, 7) is 5.02. The largest absolute Gasteiger partial charge is 0.486 e. The molecule has 0 aromatic heterocycles. The van der Waals surface area contributed by atoms with Crippen LogP contribution in [0.3, 0.4) is 0 Å². The van der Waals surface area contributed by atoms with Crippen molar-refractivity contribution < 1.29 is 22.7 Å². The van der Waals surface area contributed by atoms with Crippen LogP contribution >= 0.6 is 0 Å². The van der Waals surface area contributed by atoms with Gasteiger partial charge >= 0.3 is 0 Å². The van der Waals surface area contributed by atoms with Crippen molar-refractivity contribution in [2.45, 2.75) is 31.2 Å². The third kappa shape index (κ3) is 4.84. The Hall–Kier alpha value is -2.54. The minimum Gasteiger partial charge on any atom is -0.486 e. The van der Waals surface area contributed by atoms with E-state index in [2.05, 4.69) is 5.32 Å². The second kappa shape index (κ2) is 8.65. The molecule has 0 bridgehead atoms. The van der Waals surface area contributed by atoms with Crippen LogP contribution in [0, 0.1) is 5.92 Å². The van der Waals surface area contributed by atoms with Crippen molar-refractivity contribution in [3.05, 3.63) is 54.1 Å². The quantitative estimate of drug-likeness (QED) is 0.768. The summed E-state index contributed by atoms with van der Waals surface area (Å²) < 4.78 is 35.9. The third-order valence-corrected chi connectivity index (χ3v) is 6.34. The van der Waals surface area contributed by atoms with Crippen LogP contribution in [0.15, 0.2) is 53.4 Å². The Morgan fingerprint density at radius 3 is 2.39 bits per heavy atom. The molecule has 2 aromatic carbocycles. The van der Waals surface area contributed by atoms with Crippen molar-refractivity contribution in [3.63, 3.8) is 0 Å². The lowest BCUT2D eigenvalue weighted by Gasteiger charge is -2.25. The maximum Gasteiger partial charge on any atom is 0.221 e. The fourth-order valence-corrected chi connectivity index (χ4v) is 4.37. The van der Waals surface area contributed by atoms with Gasteiger partial charge in [0, 0.05) is 6.42 Å². The summed E-state index contributed by atoms with van der Waals surface area (Å²) >= 11 is 0. The van der Waals surface area contributed by atoms with E-state index in [9.17, 15) is 13.2 Å². The van der Waals surface area contributed by atoms with Gasteiger partial charge in [-0.25, -0.2) is 8.42 Å². The van der Waals surface area contributed by atoms with E-state index >= 15 is 0 Å². The molecule has 1 aliphatic heterocycles. The molecule has 0 unspecified atom stereocenters. The Morgan fingerprint density at radius 2 is 1.71 bits per heavy atom. The third-order valence-electron chi connectivity index (χ3n) is 4.61. The molecular formula is C21H25NO5S. The lowest BCUT2D eigenvalue weighted by molar-refractivity contribution is -0.121. The molecule has 2 aromatic rings. The van der Waals surface area contributed by atoms with Gasteiger partial charge in [-0.1, -0.05) is 38.1 Å². The number of ether oxygens (including phenoxy) is 2. The van der Waals surface area contributed by atoms with E-state index < -0.39 is 9.84 Å². The van der Waals surface area contributed by atoms with Crippen molar-refractivity contribution in [1.29, 1.82) is 0 Å². The van der Waals surface area contributed by atoms with Gasteiger partial charge in [0.1, 0.15) is 13.2 Å². The highest BCUT2D eigenvalue weighted by atomic mass is 32.2. The molecule has 0 fully saturated rings. The number of carbonyl (C=O) groups is 1. The molecule has 7 heteroatoms. The summed E-state index contributed by atoms with van der Waals surface area (Å²) in [7, 11) is -3.49. The number of amides is 1. The molecule has 0 radical (unpaired) electrons. The van der Waals surface area contributed by atoms with Gasteiger partial charge in [0.15, 0.2) is 21.3 Å². The molecule has 1 atom stereocenters. The number of hydrogen-bond acceptors (Lipinski definition) is 5. The molecule has 1 N–H and O–H groups in total. The average molecular weight is 404 g/mol. The molecule has 1 amide bonds. The smallest absolute Gasteiger partial charge is 0.221 e. The Kier molecular flexibility index (Phi) is 6.24. The average Bonchev–Trinajstić information content (AvgIpc) is 2.70. The lowest BCUT2D eigenvalue weighted by Crippen LogP contribution is -2.33. The Labute approximate surface area is 165 Å². The Morgan fingerprint density at radius 1 is 1.04 bits per heavy atom. The summed E-state index contributed by atoms with van der Waals surface area (Å²) in [6.07, 6.45) is -0.0923. The van der Waals surface area contributed by atoms with E-state index in [4.69, 9.17) is 9.47 Å². The van der Waals surface area contributed by atoms with Gasteiger partial charge in [-0.15, -0.1) is 0 Å². The van der Waals surface area contributed by atoms with E-state index in [0.717, 1.165) is 5.56 Å². The maximum atomic E-state index is 12.5. The molecule has 3 rings (SSSR count). The predicted octanol–water partition coefficient (Wildman–Crippen LogP) is 3.14. The Balaban J connectivity index is 1.67. The summed E-state index contributed by atoms with van der Waals surface area (Å²) in [5, 5.41) is 2.96. The van der Waals surface area contributed by atoms with E-state index in [1.807, 2.05) is 32.0 Å². The fraction of sp³-hybridized carbons (Fsp3) is 0.381. The first-order valence-corrected chi connectivity index (χ1v) is 11.0. The van der Waals surface area contributed by atoms with Gasteiger partial charge < -0.3 is 14.8 Å². The van der Waals surface area contributed by atoms with Crippen LogP contribution in [0.4, 0.5) is 0 Å². The zero-order chi connectivity index (χ0) is 20.1. The monoisotopic (exact) mass is 403 g/mol. The molecule has 0 aliphatic carbocycles. The number of fused-ring (bicyclic) bond motifs is 1. The maximum absolute atomic E-state index is 12.5. The first-order chi connectivity index (χ1) is 13.4.